The standard InChI is InChI=1S/C17H26N2O2/c1-12-4-3-5-15(12)11-17(20)19-8-6-14(7-9-19)16-10-13(2)18-21-16/h10,12,14-15H,3-9,11H2,1-2H3. The maximum Gasteiger partial charge on any atom is 0.222 e. The van der Waals surface area contributed by atoms with E-state index in [1.54, 1.807) is 0 Å². The van der Waals surface area contributed by atoms with Crippen LogP contribution in [0.2, 0.25) is 0 Å². The molecule has 1 aliphatic heterocycles. The lowest BCUT2D eigenvalue weighted by atomic mass is 9.91. The molecule has 116 valence electrons. The molecule has 4 heteroatoms. The maximum atomic E-state index is 12.4. The molecule has 1 saturated carbocycles. The van der Waals surface area contributed by atoms with Gasteiger partial charge in [0, 0.05) is 31.5 Å². The van der Waals surface area contributed by atoms with Crippen LogP contribution in [0, 0.1) is 18.8 Å². The SMILES string of the molecule is Cc1cc(C2CCN(C(=O)CC3CCCC3C)CC2)on1. The fraction of sp³-hybridized carbons (Fsp3) is 0.765. The Hall–Kier alpha value is -1.32. The van der Waals surface area contributed by atoms with Crippen LogP contribution in [0.3, 0.4) is 0 Å². The molecule has 2 fully saturated rings. The summed E-state index contributed by atoms with van der Waals surface area (Å²) in [6.07, 6.45) is 6.59. The Bertz CT molecular complexity index is 489. The normalized spacial score (nSPS) is 27.2. The number of aryl methyl sites for hydroxylation is 1. The van der Waals surface area contributed by atoms with Crippen LogP contribution in [-0.2, 0) is 4.79 Å². The highest BCUT2D eigenvalue weighted by Gasteiger charge is 2.30. The zero-order valence-electron chi connectivity index (χ0n) is 13.2. The Morgan fingerprint density at radius 3 is 2.67 bits per heavy atom. The molecule has 1 aromatic rings. The molecule has 2 atom stereocenters. The van der Waals surface area contributed by atoms with Gasteiger partial charge in [0.1, 0.15) is 5.76 Å². The van der Waals surface area contributed by atoms with Gasteiger partial charge in [-0.1, -0.05) is 24.9 Å². The Morgan fingerprint density at radius 2 is 2.10 bits per heavy atom. The van der Waals surface area contributed by atoms with E-state index in [9.17, 15) is 4.79 Å². The molecule has 21 heavy (non-hydrogen) atoms. The van der Waals surface area contributed by atoms with Crippen molar-refractivity contribution in [3.05, 3.63) is 17.5 Å². The van der Waals surface area contributed by atoms with E-state index in [1.807, 2.05) is 13.0 Å². The second kappa shape index (κ2) is 6.20. The van der Waals surface area contributed by atoms with Gasteiger partial charge in [-0.15, -0.1) is 0 Å². The number of likely N-dealkylation sites (tertiary alicyclic amines) is 1. The van der Waals surface area contributed by atoms with E-state index in [0.29, 0.717) is 17.7 Å². The number of nitrogens with zero attached hydrogens (tertiary/aromatic N) is 2. The highest BCUT2D eigenvalue weighted by molar-refractivity contribution is 5.76. The molecule has 1 saturated heterocycles. The summed E-state index contributed by atoms with van der Waals surface area (Å²) in [7, 11) is 0. The van der Waals surface area contributed by atoms with E-state index in [2.05, 4.69) is 17.0 Å². The molecule has 3 rings (SSSR count). The Kier molecular flexibility index (Phi) is 4.32. The zero-order chi connectivity index (χ0) is 14.8. The number of amides is 1. The fourth-order valence-corrected chi connectivity index (χ4v) is 3.87. The lowest BCUT2D eigenvalue weighted by Crippen LogP contribution is -2.38. The minimum absolute atomic E-state index is 0.362. The van der Waals surface area contributed by atoms with Crippen LogP contribution < -0.4 is 0 Å². The monoisotopic (exact) mass is 290 g/mol. The minimum atomic E-state index is 0.362. The molecule has 0 bridgehead atoms. The minimum Gasteiger partial charge on any atom is -0.361 e. The van der Waals surface area contributed by atoms with Crippen LogP contribution in [0.1, 0.15) is 62.8 Å². The first kappa shape index (κ1) is 14.6. The van der Waals surface area contributed by atoms with Gasteiger partial charge in [-0.25, -0.2) is 0 Å². The third-order valence-electron chi connectivity index (χ3n) is 5.37. The molecule has 1 aromatic heterocycles. The number of carbonyl (C=O) groups excluding carboxylic acids is 1. The lowest BCUT2D eigenvalue weighted by Gasteiger charge is -2.32. The summed E-state index contributed by atoms with van der Waals surface area (Å²) in [6.45, 7) is 5.98. The second-order valence-corrected chi connectivity index (χ2v) is 6.90. The van der Waals surface area contributed by atoms with Gasteiger partial charge in [0.2, 0.25) is 5.91 Å². The molecular weight excluding hydrogens is 264 g/mol. The van der Waals surface area contributed by atoms with E-state index in [4.69, 9.17) is 4.52 Å². The van der Waals surface area contributed by atoms with Gasteiger partial charge in [0.25, 0.3) is 0 Å². The lowest BCUT2D eigenvalue weighted by molar-refractivity contribution is -0.133. The first-order valence-electron chi connectivity index (χ1n) is 8.34. The zero-order valence-corrected chi connectivity index (χ0v) is 13.2. The van der Waals surface area contributed by atoms with Crippen LogP contribution in [0.5, 0.6) is 0 Å². The molecule has 1 amide bonds. The highest BCUT2D eigenvalue weighted by atomic mass is 16.5. The summed E-state index contributed by atoms with van der Waals surface area (Å²) in [5.41, 5.74) is 0.943. The third-order valence-corrected chi connectivity index (χ3v) is 5.37. The van der Waals surface area contributed by atoms with Gasteiger partial charge < -0.3 is 9.42 Å². The molecule has 0 N–H and O–H groups in total. The van der Waals surface area contributed by atoms with Gasteiger partial charge in [0.15, 0.2) is 0 Å². The summed E-state index contributed by atoms with van der Waals surface area (Å²) < 4.78 is 5.37. The summed E-state index contributed by atoms with van der Waals surface area (Å²) in [6, 6.07) is 2.03. The van der Waals surface area contributed by atoms with Crippen molar-refractivity contribution >= 4 is 5.91 Å². The van der Waals surface area contributed by atoms with Crippen LogP contribution in [0.25, 0.3) is 0 Å². The molecule has 2 aliphatic rings. The second-order valence-electron chi connectivity index (χ2n) is 6.90. The van der Waals surface area contributed by atoms with Gasteiger partial charge >= 0.3 is 0 Å². The van der Waals surface area contributed by atoms with Gasteiger partial charge in [-0.3, -0.25) is 4.79 Å². The number of hydrogen-bond acceptors (Lipinski definition) is 3. The van der Waals surface area contributed by atoms with Crippen LogP contribution in [0.4, 0.5) is 0 Å². The fourth-order valence-electron chi connectivity index (χ4n) is 3.87. The molecule has 2 unspecified atom stereocenters. The molecular formula is C17H26N2O2. The summed E-state index contributed by atoms with van der Waals surface area (Å²) in [5, 5.41) is 3.97. The van der Waals surface area contributed by atoms with E-state index in [0.717, 1.165) is 49.7 Å². The van der Waals surface area contributed by atoms with Gasteiger partial charge in [-0.2, -0.15) is 0 Å². The van der Waals surface area contributed by atoms with E-state index < -0.39 is 0 Å². The van der Waals surface area contributed by atoms with Crippen LogP contribution in [0.15, 0.2) is 10.6 Å². The maximum absolute atomic E-state index is 12.4. The topological polar surface area (TPSA) is 46.3 Å². The Balaban J connectivity index is 1.50. The van der Waals surface area contributed by atoms with Crippen LogP contribution in [-0.4, -0.2) is 29.1 Å². The van der Waals surface area contributed by atoms with Gasteiger partial charge in [0.05, 0.1) is 5.69 Å². The van der Waals surface area contributed by atoms with Gasteiger partial charge in [-0.05, 0) is 38.0 Å². The number of rotatable bonds is 3. The van der Waals surface area contributed by atoms with E-state index in [-0.39, 0.29) is 0 Å². The quantitative estimate of drug-likeness (QED) is 0.855. The smallest absolute Gasteiger partial charge is 0.222 e. The summed E-state index contributed by atoms with van der Waals surface area (Å²) in [5.74, 6) is 3.13. The molecule has 1 aliphatic carbocycles. The van der Waals surface area contributed by atoms with Crippen LogP contribution >= 0.6 is 0 Å². The number of carbonyl (C=O) groups is 1. The van der Waals surface area contributed by atoms with E-state index >= 15 is 0 Å². The molecule has 0 radical (unpaired) electrons. The van der Waals surface area contributed by atoms with Crippen molar-refractivity contribution in [1.29, 1.82) is 0 Å². The average Bonchev–Trinajstić information content (AvgIpc) is 3.08. The third kappa shape index (κ3) is 3.30. The predicted octanol–water partition coefficient (Wildman–Crippen LogP) is 3.52. The highest BCUT2D eigenvalue weighted by Crippen LogP contribution is 2.35. The number of hydrogen-bond donors (Lipinski definition) is 0. The molecule has 0 aromatic carbocycles. The van der Waals surface area contributed by atoms with E-state index in [1.165, 1.54) is 19.3 Å². The largest absolute Gasteiger partial charge is 0.361 e. The number of aromatic nitrogens is 1. The predicted molar refractivity (Wildman–Crippen MR) is 80.9 cm³/mol. The Morgan fingerprint density at radius 1 is 1.33 bits per heavy atom. The first-order valence-corrected chi connectivity index (χ1v) is 8.34. The Labute approximate surface area is 126 Å². The first-order chi connectivity index (χ1) is 10.1. The average molecular weight is 290 g/mol. The van der Waals surface area contributed by atoms with Crippen molar-refractivity contribution in [1.82, 2.24) is 10.1 Å². The van der Waals surface area contributed by atoms with Crippen molar-refractivity contribution in [2.75, 3.05) is 13.1 Å². The van der Waals surface area contributed by atoms with Crippen molar-refractivity contribution < 1.29 is 9.32 Å². The molecule has 2 heterocycles. The van der Waals surface area contributed by atoms with Crippen molar-refractivity contribution in [3.63, 3.8) is 0 Å². The number of piperidine rings is 1. The van der Waals surface area contributed by atoms with Crippen molar-refractivity contribution in [3.8, 4) is 0 Å². The molecule has 4 nitrogen and oxygen atoms in total. The van der Waals surface area contributed by atoms with Crippen molar-refractivity contribution in [2.24, 2.45) is 11.8 Å². The van der Waals surface area contributed by atoms with Crippen molar-refractivity contribution in [2.45, 2.75) is 58.3 Å². The summed E-state index contributed by atoms with van der Waals surface area (Å²) in [4.78, 5) is 14.5. The summed E-state index contributed by atoms with van der Waals surface area (Å²) >= 11 is 0. The molecule has 0 spiro atoms.